The van der Waals surface area contributed by atoms with Crippen LogP contribution in [0.25, 0.3) is 0 Å². The van der Waals surface area contributed by atoms with Crippen molar-refractivity contribution in [3.63, 3.8) is 0 Å². The van der Waals surface area contributed by atoms with E-state index in [0.717, 1.165) is 12.4 Å². The third-order valence-corrected chi connectivity index (χ3v) is 2.95. The van der Waals surface area contributed by atoms with E-state index in [-0.39, 0.29) is 11.8 Å². The fourth-order valence-corrected chi connectivity index (χ4v) is 1.85. The molecule has 2 rings (SSSR count). The zero-order valence-electron chi connectivity index (χ0n) is 13.1. The molecular formula is C16H23ClN4O. The average molecular weight is 323 g/mol. The number of rotatable bonds is 7. The van der Waals surface area contributed by atoms with Gasteiger partial charge in [-0.05, 0) is 5.56 Å². The van der Waals surface area contributed by atoms with Crippen molar-refractivity contribution in [1.82, 2.24) is 15.1 Å². The Kier molecular flexibility index (Phi) is 8.76. The predicted octanol–water partition coefficient (Wildman–Crippen LogP) is 2.72. The molecule has 0 saturated heterocycles. The molecule has 2 aromatic rings. The molecule has 2 N–H and O–H groups in total. The Labute approximate surface area is 136 Å². The topological polar surface area (TPSA) is 59.0 Å². The fourth-order valence-electron chi connectivity index (χ4n) is 1.75. The average Bonchev–Trinajstić information content (AvgIpc) is 3.01. The third-order valence-electron chi connectivity index (χ3n) is 2.70. The molecule has 1 aromatic heterocycles. The van der Waals surface area contributed by atoms with E-state index in [1.165, 1.54) is 5.56 Å². The van der Waals surface area contributed by atoms with E-state index in [9.17, 15) is 4.79 Å². The van der Waals surface area contributed by atoms with E-state index in [2.05, 4.69) is 27.9 Å². The van der Waals surface area contributed by atoms with Crippen molar-refractivity contribution >= 4 is 23.3 Å². The van der Waals surface area contributed by atoms with Gasteiger partial charge >= 0.3 is 0 Å². The van der Waals surface area contributed by atoms with E-state index in [1.807, 2.05) is 49.0 Å². The van der Waals surface area contributed by atoms with Gasteiger partial charge in [0, 0.05) is 25.4 Å². The zero-order valence-corrected chi connectivity index (χ0v) is 13.8. The van der Waals surface area contributed by atoms with Crippen LogP contribution in [-0.2, 0) is 11.3 Å². The van der Waals surface area contributed by atoms with Crippen molar-refractivity contribution in [3.8, 4) is 0 Å². The summed E-state index contributed by atoms with van der Waals surface area (Å²) in [6, 6.07) is 12.1. The van der Waals surface area contributed by atoms with E-state index in [4.69, 9.17) is 11.6 Å². The highest BCUT2D eigenvalue weighted by Crippen LogP contribution is 2.05. The molecule has 22 heavy (non-hydrogen) atoms. The van der Waals surface area contributed by atoms with Crippen LogP contribution >= 0.6 is 11.6 Å². The van der Waals surface area contributed by atoms with E-state index in [0.29, 0.717) is 13.1 Å². The number of carbonyl (C=O) groups excluding carboxylic acids is 1. The summed E-state index contributed by atoms with van der Waals surface area (Å²) in [5.41, 5.74) is 1.21. The van der Waals surface area contributed by atoms with Crippen molar-refractivity contribution in [3.05, 3.63) is 48.2 Å². The Balaban J connectivity index is 0.00000116. The number of hydrogen-bond donors (Lipinski definition) is 2. The Bertz CT molecular complexity index is 542. The van der Waals surface area contributed by atoms with Crippen molar-refractivity contribution in [2.45, 2.75) is 20.4 Å². The van der Waals surface area contributed by atoms with Crippen LogP contribution in [0.1, 0.15) is 19.4 Å². The Morgan fingerprint density at radius 3 is 2.59 bits per heavy atom. The van der Waals surface area contributed by atoms with Crippen LogP contribution in [0.4, 0.5) is 5.82 Å². The van der Waals surface area contributed by atoms with Crippen LogP contribution in [-0.4, -0.2) is 34.7 Å². The molecule has 1 heterocycles. The summed E-state index contributed by atoms with van der Waals surface area (Å²) < 4.78 is 1.87. The lowest BCUT2D eigenvalue weighted by Crippen LogP contribution is -2.29. The van der Waals surface area contributed by atoms with Gasteiger partial charge in [-0.3, -0.25) is 9.48 Å². The lowest BCUT2D eigenvalue weighted by molar-refractivity contribution is -0.118. The first kappa shape index (κ1) is 18.0. The number of aromatic nitrogens is 2. The molecule has 1 aromatic carbocycles. The number of carbonyl (C=O) groups is 1. The highest BCUT2D eigenvalue weighted by molar-refractivity contribution is 6.27. The van der Waals surface area contributed by atoms with Crippen molar-refractivity contribution in [1.29, 1.82) is 0 Å². The molecule has 0 aliphatic rings. The maximum atomic E-state index is 10.9. The number of amides is 1. The normalized spacial score (nSPS) is 9.59. The summed E-state index contributed by atoms with van der Waals surface area (Å²) in [7, 11) is 0. The minimum Gasteiger partial charge on any atom is -0.367 e. The van der Waals surface area contributed by atoms with Crippen molar-refractivity contribution in [2.75, 3.05) is 24.3 Å². The number of nitrogens with zero attached hydrogens (tertiary/aromatic N) is 2. The van der Waals surface area contributed by atoms with Gasteiger partial charge in [-0.1, -0.05) is 44.2 Å². The van der Waals surface area contributed by atoms with Crippen LogP contribution in [0.15, 0.2) is 42.6 Å². The smallest absolute Gasteiger partial charge is 0.234 e. The summed E-state index contributed by atoms with van der Waals surface area (Å²) in [6.07, 6.45) is 1.92. The second-order valence-electron chi connectivity index (χ2n) is 4.29. The second kappa shape index (κ2) is 10.7. The monoisotopic (exact) mass is 322 g/mol. The van der Waals surface area contributed by atoms with Gasteiger partial charge in [0.15, 0.2) is 0 Å². The second-order valence-corrected chi connectivity index (χ2v) is 4.56. The van der Waals surface area contributed by atoms with Gasteiger partial charge in [0.2, 0.25) is 5.91 Å². The van der Waals surface area contributed by atoms with Gasteiger partial charge in [0.05, 0.1) is 6.54 Å². The van der Waals surface area contributed by atoms with E-state index < -0.39 is 0 Å². The fraction of sp³-hybridized carbons (Fsp3) is 0.375. The molecule has 0 bridgehead atoms. The first-order valence-corrected chi connectivity index (χ1v) is 7.95. The quantitative estimate of drug-likeness (QED) is 0.608. The Hall–Kier alpha value is -2.01. The molecule has 0 unspecified atom stereocenters. The highest BCUT2D eigenvalue weighted by Gasteiger charge is 2.00. The summed E-state index contributed by atoms with van der Waals surface area (Å²) in [5.74, 6) is 0.621. The molecular weight excluding hydrogens is 300 g/mol. The molecule has 0 fully saturated rings. The zero-order chi connectivity index (χ0) is 16.2. The number of alkyl halides is 1. The Morgan fingerprint density at radius 2 is 1.91 bits per heavy atom. The predicted molar refractivity (Wildman–Crippen MR) is 91.3 cm³/mol. The summed E-state index contributed by atoms with van der Waals surface area (Å²) >= 11 is 5.38. The molecule has 0 aliphatic carbocycles. The maximum Gasteiger partial charge on any atom is 0.234 e. The number of halogens is 1. The lowest BCUT2D eigenvalue weighted by Gasteiger charge is -2.04. The van der Waals surface area contributed by atoms with Crippen LogP contribution in [0.5, 0.6) is 0 Å². The number of nitrogens with one attached hydrogen (secondary N) is 2. The molecule has 6 heteroatoms. The molecule has 5 nitrogen and oxygen atoms in total. The van der Waals surface area contributed by atoms with Gasteiger partial charge in [-0.25, -0.2) is 0 Å². The molecule has 120 valence electrons. The van der Waals surface area contributed by atoms with Crippen molar-refractivity contribution < 1.29 is 4.79 Å². The van der Waals surface area contributed by atoms with Gasteiger partial charge in [0.25, 0.3) is 0 Å². The minimum absolute atomic E-state index is 0.00823. The number of hydrogen-bond acceptors (Lipinski definition) is 3. The van der Waals surface area contributed by atoms with Crippen LogP contribution in [0.3, 0.4) is 0 Å². The third kappa shape index (κ3) is 6.63. The van der Waals surface area contributed by atoms with Crippen LogP contribution < -0.4 is 10.6 Å². The van der Waals surface area contributed by atoms with Gasteiger partial charge < -0.3 is 10.6 Å². The molecule has 0 aliphatic heterocycles. The summed E-state index contributed by atoms with van der Waals surface area (Å²) in [5, 5.41) is 10.2. The largest absolute Gasteiger partial charge is 0.367 e. The minimum atomic E-state index is -0.164. The van der Waals surface area contributed by atoms with Gasteiger partial charge in [-0.15, -0.1) is 11.6 Å². The molecule has 0 spiro atoms. The van der Waals surface area contributed by atoms with E-state index >= 15 is 0 Å². The van der Waals surface area contributed by atoms with E-state index in [1.54, 1.807) is 0 Å². The summed E-state index contributed by atoms with van der Waals surface area (Å²) in [4.78, 5) is 10.9. The maximum absolute atomic E-state index is 10.9. The first-order valence-electron chi connectivity index (χ1n) is 7.42. The highest BCUT2D eigenvalue weighted by atomic mass is 35.5. The standard InChI is InChI=1S/C14H17ClN4O.C2H6/c15-10-14(20)17-8-7-16-13-6-9-19(18-13)11-12-4-2-1-3-5-12;1-2/h1-6,9H,7-8,10-11H2,(H,16,18)(H,17,20);1-2H3. The number of benzene rings is 1. The first-order chi connectivity index (χ1) is 10.8. The molecule has 0 radical (unpaired) electrons. The number of anilines is 1. The van der Waals surface area contributed by atoms with Gasteiger partial charge in [-0.2, -0.15) is 5.10 Å². The van der Waals surface area contributed by atoms with Crippen LogP contribution in [0, 0.1) is 0 Å². The molecule has 0 saturated carbocycles. The summed E-state index contributed by atoms with van der Waals surface area (Å²) in [6.45, 7) is 5.88. The molecule has 1 amide bonds. The Morgan fingerprint density at radius 1 is 1.18 bits per heavy atom. The van der Waals surface area contributed by atoms with Gasteiger partial charge in [0.1, 0.15) is 11.7 Å². The van der Waals surface area contributed by atoms with Crippen molar-refractivity contribution in [2.24, 2.45) is 0 Å². The molecule has 0 atom stereocenters. The SMILES string of the molecule is CC.O=C(CCl)NCCNc1ccn(Cc2ccccc2)n1. The lowest BCUT2D eigenvalue weighted by atomic mass is 10.2. The van der Waals surface area contributed by atoms with Crippen LogP contribution in [0.2, 0.25) is 0 Å².